The van der Waals surface area contributed by atoms with E-state index in [1.807, 2.05) is 19.0 Å². The van der Waals surface area contributed by atoms with Crippen LogP contribution in [0.15, 0.2) is 0 Å². The number of sulfonamides is 1. The molecule has 0 aliphatic rings. The molecule has 6 heteroatoms. The molecule has 0 amide bonds. The Bertz CT molecular complexity index is 229. The van der Waals surface area contributed by atoms with Crippen LogP contribution in [-0.2, 0) is 10.0 Å². The summed E-state index contributed by atoms with van der Waals surface area (Å²) in [6, 6.07) is 0. The Balaban J connectivity index is 3.62. The van der Waals surface area contributed by atoms with E-state index in [1.54, 1.807) is 0 Å². The van der Waals surface area contributed by atoms with Crippen molar-refractivity contribution in [2.24, 2.45) is 0 Å². The fourth-order valence-corrected chi connectivity index (χ4v) is 2.20. The van der Waals surface area contributed by atoms with E-state index in [1.165, 1.54) is 0 Å². The molecule has 0 aliphatic carbocycles. The number of unbranched alkanes of at least 4 members (excludes halogenated alkanes) is 1. The fourth-order valence-electron chi connectivity index (χ4n) is 0.883. The van der Waals surface area contributed by atoms with Crippen LogP contribution in [0.3, 0.4) is 0 Å². The highest BCUT2D eigenvalue weighted by Gasteiger charge is 2.08. The molecule has 0 rings (SSSR count). The number of alkyl halides is 1. The summed E-state index contributed by atoms with van der Waals surface area (Å²) < 4.78 is 25.2. The lowest BCUT2D eigenvalue weighted by molar-refractivity contribution is 0.412. The number of nitrogens with zero attached hydrogens (tertiary/aromatic N) is 1. The number of rotatable bonds is 8. The molecule has 0 aromatic rings. The highest BCUT2D eigenvalue weighted by Crippen LogP contribution is 1.95. The van der Waals surface area contributed by atoms with Crippen molar-refractivity contribution >= 4 is 21.6 Å². The fraction of sp³-hybridized carbons (Fsp3) is 1.00. The van der Waals surface area contributed by atoms with Gasteiger partial charge in [0.2, 0.25) is 10.0 Å². The first-order valence-electron chi connectivity index (χ1n) is 4.66. The van der Waals surface area contributed by atoms with E-state index in [-0.39, 0.29) is 5.75 Å². The first kappa shape index (κ1) is 14.2. The Hall–Kier alpha value is 0.160. The summed E-state index contributed by atoms with van der Waals surface area (Å²) >= 11 is 5.45. The average molecular weight is 243 g/mol. The standard InChI is InChI=1S/C8H19ClN2O2S/c1-11(2)7-6-10-14(12,13)8-4-3-5-9/h10H,3-8H2,1-2H3. The van der Waals surface area contributed by atoms with E-state index in [4.69, 9.17) is 11.6 Å². The Morgan fingerprint density at radius 2 is 1.93 bits per heavy atom. The highest BCUT2D eigenvalue weighted by atomic mass is 35.5. The first-order valence-corrected chi connectivity index (χ1v) is 6.84. The maximum Gasteiger partial charge on any atom is 0.211 e. The normalized spacial score (nSPS) is 12.3. The van der Waals surface area contributed by atoms with Crippen LogP contribution >= 0.6 is 11.6 Å². The average Bonchev–Trinajstić information content (AvgIpc) is 2.03. The van der Waals surface area contributed by atoms with Gasteiger partial charge >= 0.3 is 0 Å². The topological polar surface area (TPSA) is 49.4 Å². The third kappa shape index (κ3) is 8.74. The monoisotopic (exact) mass is 242 g/mol. The molecule has 0 unspecified atom stereocenters. The molecule has 0 atom stereocenters. The van der Waals surface area contributed by atoms with Crippen molar-refractivity contribution in [1.82, 2.24) is 9.62 Å². The second kappa shape index (κ2) is 7.45. The van der Waals surface area contributed by atoms with Crippen LogP contribution < -0.4 is 4.72 Å². The maximum absolute atomic E-state index is 11.3. The molecule has 0 heterocycles. The van der Waals surface area contributed by atoms with Gasteiger partial charge in [-0.15, -0.1) is 11.6 Å². The van der Waals surface area contributed by atoms with Gasteiger partial charge in [-0.3, -0.25) is 0 Å². The molecule has 1 N–H and O–H groups in total. The minimum atomic E-state index is -3.08. The van der Waals surface area contributed by atoms with Crippen molar-refractivity contribution in [3.05, 3.63) is 0 Å². The third-order valence-electron chi connectivity index (χ3n) is 1.68. The summed E-state index contributed by atoms with van der Waals surface area (Å²) in [6.45, 7) is 1.19. The van der Waals surface area contributed by atoms with Gasteiger partial charge in [0.25, 0.3) is 0 Å². The molecule has 0 radical (unpaired) electrons. The minimum Gasteiger partial charge on any atom is -0.308 e. The molecule has 0 fully saturated rings. The zero-order chi connectivity index (χ0) is 11.0. The minimum absolute atomic E-state index is 0.174. The summed E-state index contributed by atoms with van der Waals surface area (Å²) in [5.74, 6) is 0.695. The lowest BCUT2D eigenvalue weighted by Gasteiger charge is -2.10. The summed E-state index contributed by atoms with van der Waals surface area (Å²) in [5, 5.41) is 0. The van der Waals surface area contributed by atoms with Gasteiger partial charge in [-0.25, -0.2) is 13.1 Å². The summed E-state index contributed by atoms with van der Waals surface area (Å²) in [7, 11) is 0.724. The van der Waals surface area contributed by atoms with E-state index in [9.17, 15) is 8.42 Å². The quantitative estimate of drug-likeness (QED) is 0.498. The molecular weight excluding hydrogens is 224 g/mol. The van der Waals surface area contributed by atoms with Crippen molar-refractivity contribution < 1.29 is 8.42 Å². The molecule has 0 aliphatic heterocycles. The molecule has 4 nitrogen and oxygen atoms in total. The summed E-state index contributed by atoms with van der Waals surface area (Å²) in [4.78, 5) is 1.93. The van der Waals surface area contributed by atoms with Crippen molar-refractivity contribution in [1.29, 1.82) is 0 Å². The van der Waals surface area contributed by atoms with Crippen molar-refractivity contribution in [2.75, 3.05) is 38.8 Å². The van der Waals surface area contributed by atoms with Gasteiger partial charge in [0.15, 0.2) is 0 Å². The van der Waals surface area contributed by atoms with Crippen LogP contribution in [0.1, 0.15) is 12.8 Å². The van der Waals surface area contributed by atoms with Crippen molar-refractivity contribution in [3.63, 3.8) is 0 Å². The Kier molecular flexibility index (Phi) is 7.54. The Labute approximate surface area is 91.7 Å². The van der Waals surface area contributed by atoms with Crippen LogP contribution in [-0.4, -0.2) is 52.1 Å². The van der Waals surface area contributed by atoms with Crippen LogP contribution in [0.5, 0.6) is 0 Å². The summed E-state index contributed by atoms with van der Waals surface area (Å²) in [6.07, 6.45) is 1.37. The van der Waals surface area contributed by atoms with E-state index in [0.29, 0.717) is 18.8 Å². The molecule has 0 aromatic heterocycles. The van der Waals surface area contributed by atoms with Crippen LogP contribution in [0.4, 0.5) is 0 Å². The molecule has 0 saturated heterocycles. The zero-order valence-corrected chi connectivity index (χ0v) is 10.4. The van der Waals surface area contributed by atoms with Crippen LogP contribution in [0.25, 0.3) is 0 Å². The number of nitrogens with one attached hydrogen (secondary N) is 1. The predicted octanol–water partition coefficient (Wildman–Crippen LogP) is 0.486. The summed E-state index contributed by atoms with van der Waals surface area (Å²) in [5.41, 5.74) is 0. The SMILES string of the molecule is CN(C)CCNS(=O)(=O)CCCCCl. The molecule has 0 spiro atoms. The van der Waals surface area contributed by atoms with E-state index >= 15 is 0 Å². The smallest absolute Gasteiger partial charge is 0.211 e. The van der Waals surface area contributed by atoms with E-state index in [0.717, 1.165) is 13.0 Å². The number of hydrogen-bond acceptors (Lipinski definition) is 3. The molecule has 0 bridgehead atoms. The third-order valence-corrected chi connectivity index (χ3v) is 3.42. The predicted molar refractivity (Wildman–Crippen MR) is 60.3 cm³/mol. The number of hydrogen-bond donors (Lipinski definition) is 1. The van der Waals surface area contributed by atoms with Gasteiger partial charge in [-0.2, -0.15) is 0 Å². The molecule has 14 heavy (non-hydrogen) atoms. The largest absolute Gasteiger partial charge is 0.308 e. The second-order valence-electron chi connectivity index (χ2n) is 3.41. The first-order chi connectivity index (χ1) is 6.48. The molecule has 86 valence electrons. The highest BCUT2D eigenvalue weighted by molar-refractivity contribution is 7.89. The molecule has 0 aromatic carbocycles. The van der Waals surface area contributed by atoms with Gasteiger partial charge in [-0.05, 0) is 26.9 Å². The lowest BCUT2D eigenvalue weighted by Crippen LogP contribution is -2.32. The van der Waals surface area contributed by atoms with Gasteiger partial charge < -0.3 is 4.90 Å². The Morgan fingerprint density at radius 3 is 2.43 bits per heavy atom. The van der Waals surface area contributed by atoms with Gasteiger partial charge in [0, 0.05) is 19.0 Å². The van der Waals surface area contributed by atoms with Crippen LogP contribution in [0, 0.1) is 0 Å². The molecule has 0 saturated carbocycles. The zero-order valence-electron chi connectivity index (χ0n) is 8.79. The van der Waals surface area contributed by atoms with Crippen molar-refractivity contribution in [2.45, 2.75) is 12.8 Å². The van der Waals surface area contributed by atoms with Crippen molar-refractivity contribution in [3.8, 4) is 0 Å². The molecular formula is C8H19ClN2O2S. The van der Waals surface area contributed by atoms with Gasteiger partial charge in [0.05, 0.1) is 5.75 Å². The second-order valence-corrected chi connectivity index (χ2v) is 5.72. The Morgan fingerprint density at radius 1 is 1.29 bits per heavy atom. The number of halogens is 1. The van der Waals surface area contributed by atoms with Crippen LogP contribution in [0.2, 0.25) is 0 Å². The van der Waals surface area contributed by atoms with Gasteiger partial charge in [-0.1, -0.05) is 0 Å². The maximum atomic E-state index is 11.3. The van der Waals surface area contributed by atoms with E-state index < -0.39 is 10.0 Å². The van der Waals surface area contributed by atoms with Gasteiger partial charge in [0.1, 0.15) is 0 Å². The van der Waals surface area contributed by atoms with E-state index in [2.05, 4.69) is 4.72 Å². The number of likely N-dealkylation sites (N-methyl/N-ethyl adjacent to an activating group) is 1. The lowest BCUT2D eigenvalue weighted by atomic mass is 10.4.